The molecule has 0 aliphatic heterocycles. The molecule has 8 heteroatoms. The molecule has 1 aliphatic carbocycles. The highest BCUT2D eigenvalue weighted by molar-refractivity contribution is 5.80. The Bertz CT molecular complexity index is 340. The van der Waals surface area contributed by atoms with E-state index in [1.54, 1.807) is 6.92 Å². The van der Waals surface area contributed by atoms with Crippen molar-refractivity contribution in [2.75, 3.05) is 13.1 Å². The van der Waals surface area contributed by atoms with E-state index in [2.05, 4.69) is 5.32 Å². The predicted octanol–water partition coefficient (Wildman–Crippen LogP) is 1.59. The number of carbonyl (C=O) groups excluding carboxylic acids is 1. The van der Waals surface area contributed by atoms with Gasteiger partial charge in [0.1, 0.15) is 13.1 Å². The van der Waals surface area contributed by atoms with Gasteiger partial charge in [-0.05, 0) is 26.2 Å². The van der Waals surface area contributed by atoms with Crippen LogP contribution in [0.25, 0.3) is 0 Å². The highest BCUT2D eigenvalue weighted by Gasteiger charge is 2.38. The lowest BCUT2D eigenvalue weighted by atomic mass is 9.79. The molecule has 0 saturated heterocycles. The Labute approximate surface area is 102 Å². The summed E-state index contributed by atoms with van der Waals surface area (Å²) in [6.45, 7) is -0.816. The van der Waals surface area contributed by atoms with Gasteiger partial charge in [-0.15, -0.1) is 0 Å². The number of carbonyl (C=O) groups is 2. The molecule has 2 N–H and O–H groups in total. The quantitative estimate of drug-likeness (QED) is 0.813. The minimum atomic E-state index is -4.62. The topological polar surface area (TPSA) is 69.6 Å². The third-order valence-corrected chi connectivity index (χ3v) is 2.85. The molecule has 0 bridgehead atoms. The Morgan fingerprint density at radius 2 is 1.94 bits per heavy atom. The number of urea groups is 1. The summed E-state index contributed by atoms with van der Waals surface area (Å²) in [5.74, 6) is -1.48. The first kappa shape index (κ1) is 14.6. The van der Waals surface area contributed by atoms with Crippen molar-refractivity contribution in [3.63, 3.8) is 0 Å². The Kier molecular flexibility index (Phi) is 4.08. The Morgan fingerprint density at radius 3 is 2.28 bits per heavy atom. The monoisotopic (exact) mass is 268 g/mol. The van der Waals surface area contributed by atoms with Crippen LogP contribution >= 0.6 is 0 Å². The highest BCUT2D eigenvalue weighted by Crippen LogP contribution is 2.31. The van der Waals surface area contributed by atoms with Crippen LogP contribution in [-0.2, 0) is 4.79 Å². The molecule has 1 rings (SSSR count). The molecule has 1 aliphatic rings. The van der Waals surface area contributed by atoms with E-state index in [4.69, 9.17) is 5.11 Å². The van der Waals surface area contributed by atoms with Crippen LogP contribution in [0.15, 0.2) is 0 Å². The van der Waals surface area contributed by atoms with Crippen molar-refractivity contribution in [1.82, 2.24) is 10.2 Å². The first-order valence-electron chi connectivity index (χ1n) is 5.47. The van der Waals surface area contributed by atoms with Gasteiger partial charge < -0.3 is 15.3 Å². The van der Waals surface area contributed by atoms with E-state index >= 15 is 0 Å². The van der Waals surface area contributed by atoms with Crippen molar-refractivity contribution in [2.45, 2.75) is 37.9 Å². The molecule has 0 atom stereocenters. The van der Waals surface area contributed by atoms with Gasteiger partial charge in [-0.25, -0.2) is 4.79 Å². The maximum absolute atomic E-state index is 12.2. The van der Waals surface area contributed by atoms with Crippen LogP contribution in [-0.4, -0.2) is 46.8 Å². The average Bonchev–Trinajstić information content (AvgIpc) is 2.11. The van der Waals surface area contributed by atoms with Crippen molar-refractivity contribution in [1.29, 1.82) is 0 Å². The SMILES string of the molecule is CC1(NC(=O)N(CC(=O)O)CC(F)(F)F)CCC1. The molecule has 0 spiro atoms. The van der Waals surface area contributed by atoms with Gasteiger partial charge in [0.25, 0.3) is 0 Å². The third kappa shape index (κ3) is 4.42. The minimum absolute atomic E-state index is 0.256. The molecular weight excluding hydrogens is 253 g/mol. The molecule has 1 fully saturated rings. The number of amides is 2. The zero-order valence-corrected chi connectivity index (χ0v) is 9.88. The number of rotatable bonds is 4. The molecule has 0 aromatic rings. The molecule has 0 radical (unpaired) electrons. The summed E-state index contributed by atoms with van der Waals surface area (Å²) < 4.78 is 36.7. The fraction of sp³-hybridized carbons (Fsp3) is 0.800. The lowest BCUT2D eigenvalue weighted by molar-refractivity contribution is -0.149. The summed E-state index contributed by atoms with van der Waals surface area (Å²) in [7, 11) is 0. The molecule has 104 valence electrons. The van der Waals surface area contributed by atoms with Crippen LogP contribution in [0.2, 0.25) is 0 Å². The maximum atomic E-state index is 12.2. The molecule has 5 nitrogen and oxygen atoms in total. The summed E-state index contributed by atoms with van der Waals surface area (Å²) in [6, 6.07) is -0.989. The Hall–Kier alpha value is -1.47. The standard InChI is InChI=1S/C10H15F3N2O3/c1-9(3-2-4-9)14-8(18)15(5-7(16)17)6-10(11,12)13/h2-6H2,1H3,(H,14,18)(H,16,17). The first-order chi connectivity index (χ1) is 8.11. The number of nitrogens with zero attached hydrogens (tertiary/aromatic N) is 1. The number of carboxylic acid groups (broad SMARTS) is 1. The van der Waals surface area contributed by atoms with Gasteiger partial charge >= 0.3 is 18.2 Å². The average molecular weight is 268 g/mol. The van der Waals surface area contributed by atoms with E-state index in [1.165, 1.54) is 0 Å². The number of carboxylic acids is 1. The van der Waals surface area contributed by atoms with Crippen LogP contribution in [0.1, 0.15) is 26.2 Å². The number of aliphatic carboxylic acids is 1. The van der Waals surface area contributed by atoms with E-state index in [-0.39, 0.29) is 4.90 Å². The van der Waals surface area contributed by atoms with Crippen molar-refractivity contribution in [2.24, 2.45) is 0 Å². The number of hydrogen-bond acceptors (Lipinski definition) is 2. The molecular formula is C10H15F3N2O3. The molecule has 0 unspecified atom stereocenters. The second-order valence-corrected chi connectivity index (χ2v) is 4.71. The Balaban J connectivity index is 2.63. The van der Waals surface area contributed by atoms with Crippen LogP contribution in [0.3, 0.4) is 0 Å². The largest absolute Gasteiger partial charge is 0.480 e. The molecule has 1 saturated carbocycles. The smallest absolute Gasteiger partial charge is 0.406 e. The first-order valence-corrected chi connectivity index (χ1v) is 5.47. The van der Waals surface area contributed by atoms with Crippen molar-refractivity contribution < 1.29 is 27.9 Å². The van der Waals surface area contributed by atoms with Crippen molar-refractivity contribution in [3.05, 3.63) is 0 Å². The van der Waals surface area contributed by atoms with E-state index < -0.39 is 36.8 Å². The number of halogens is 3. The summed E-state index contributed by atoms with van der Waals surface area (Å²) in [4.78, 5) is 22.3. The molecule has 0 aromatic heterocycles. The summed E-state index contributed by atoms with van der Waals surface area (Å²) in [5, 5.41) is 11.0. The zero-order valence-electron chi connectivity index (χ0n) is 9.88. The predicted molar refractivity (Wildman–Crippen MR) is 56.1 cm³/mol. The number of nitrogens with one attached hydrogen (secondary N) is 1. The van der Waals surface area contributed by atoms with Gasteiger partial charge in [-0.2, -0.15) is 13.2 Å². The molecule has 2 amide bonds. The van der Waals surface area contributed by atoms with Crippen LogP contribution in [0, 0.1) is 0 Å². The summed E-state index contributed by atoms with van der Waals surface area (Å²) in [5.41, 5.74) is -0.514. The van der Waals surface area contributed by atoms with Crippen LogP contribution in [0.4, 0.5) is 18.0 Å². The normalized spacial score (nSPS) is 17.8. The maximum Gasteiger partial charge on any atom is 0.406 e. The number of alkyl halides is 3. The fourth-order valence-corrected chi connectivity index (χ4v) is 1.75. The van der Waals surface area contributed by atoms with Gasteiger partial charge in [-0.1, -0.05) is 0 Å². The fourth-order valence-electron chi connectivity index (χ4n) is 1.75. The van der Waals surface area contributed by atoms with Gasteiger partial charge in [0.15, 0.2) is 0 Å². The van der Waals surface area contributed by atoms with E-state index in [1.807, 2.05) is 0 Å². The molecule has 18 heavy (non-hydrogen) atoms. The summed E-state index contributed by atoms with van der Waals surface area (Å²) in [6.07, 6.45) is -2.35. The van der Waals surface area contributed by atoms with Crippen molar-refractivity contribution >= 4 is 12.0 Å². The van der Waals surface area contributed by atoms with Gasteiger partial charge in [0.05, 0.1) is 0 Å². The second kappa shape index (κ2) is 5.03. The van der Waals surface area contributed by atoms with Crippen LogP contribution in [0.5, 0.6) is 0 Å². The minimum Gasteiger partial charge on any atom is -0.480 e. The van der Waals surface area contributed by atoms with E-state index in [0.29, 0.717) is 12.8 Å². The van der Waals surface area contributed by atoms with Crippen molar-refractivity contribution in [3.8, 4) is 0 Å². The van der Waals surface area contributed by atoms with Gasteiger partial charge in [-0.3, -0.25) is 4.79 Å². The Morgan fingerprint density at radius 1 is 1.39 bits per heavy atom. The number of hydrogen-bond donors (Lipinski definition) is 2. The lowest BCUT2D eigenvalue weighted by Gasteiger charge is -2.40. The lowest BCUT2D eigenvalue weighted by Crippen LogP contribution is -2.57. The zero-order chi connectivity index (χ0) is 14.0. The summed E-state index contributed by atoms with van der Waals surface area (Å²) >= 11 is 0. The molecule has 0 aromatic carbocycles. The van der Waals surface area contributed by atoms with E-state index in [9.17, 15) is 22.8 Å². The molecule has 0 heterocycles. The van der Waals surface area contributed by atoms with Crippen LogP contribution < -0.4 is 5.32 Å². The van der Waals surface area contributed by atoms with E-state index in [0.717, 1.165) is 6.42 Å². The second-order valence-electron chi connectivity index (χ2n) is 4.71. The highest BCUT2D eigenvalue weighted by atomic mass is 19.4. The van der Waals surface area contributed by atoms with Gasteiger partial charge in [0.2, 0.25) is 0 Å². The third-order valence-electron chi connectivity index (χ3n) is 2.85. The van der Waals surface area contributed by atoms with Gasteiger partial charge in [0, 0.05) is 5.54 Å².